The zero-order valence-electron chi connectivity index (χ0n) is 8.72. The second-order valence-electron chi connectivity index (χ2n) is 3.91. The van der Waals surface area contributed by atoms with Crippen molar-refractivity contribution in [3.63, 3.8) is 0 Å². The van der Waals surface area contributed by atoms with Gasteiger partial charge in [0.25, 0.3) is 5.91 Å². The van der Waals surface area contributed by atoms with Gasteiger partial charge in [0, 0.05) is 6.20 Å². The summed E-state index contributed by atoms with van der Waals surface area (Å²) in [5.74, 6) is 0.190. The van der Waals surface area contributed by atoms with Gasteiger partial charge in [-0.1, -0.05) is 18.3 Å². The van der Waals surface area contributed by atoms with E-state index in [9.17, 15) is 4.79 Å². The number of rotatable bonds is 4. The van der Waals surface area contributed by atoms with Gasteiger partial charge in [0.1, 0.15) is 5.69 Å². The first-order chi connectivity index (χ1) is 7.68. The summed E-state index contributed by atoms with van der Waals surface area (Å²) in [6, 6.07) is 5.01. The standard InChI is InChI=1S/C11H13N3OS/c12-10(16)9(7-4-5-7)14-11(15)8-3-1-2-6-13-8/h1-3,6-7,9H,4-5H2,(H2,12,16)(H,14,15). The lowest BCUT2D eigenvalue weighted by Crippen LogP contribution is -2.45. The second-order valence-corrected chi connectivity index (χ2v) is 4.38. The highest BCUT2D eigenvalue weighted by molar-refractivity contribution is 7.80. The molecule has 1 fully saturated rings. The summed E-state index contributed by atoms with van der Waals surface area (Å²) >= 11 is 4.94. The van der Waals surface area contributed by atoms with Crippen molar-refractivity contribution in [3.8, 4) is 0 Å². The molecule has 2 rings (SSSR count). The van der Waals surface area contributed by atoms with Crippen molar-refractivity contribution in [2.75, 3.05) is 0 Å². The minimum absolute atomic E-state index is 0.190. The molecule has 5 heteroatoms. The maximum absolute atomic E-state index is 11.8. The minimum atomic E-state index is -0.217. The molecule has 3 N–H and O–H groups in total. The van der Waals surface area contributed by atoms with E-state index < -0.39 is 0 Å². The zero-order valence-corrected chi connectivity index (χ0v) is 9.54. The van der Waals surface area contributed by atoms with Crippen LogP contribution in [-0.4, -0.2) is 21.9 Å². The molecule has 4 nitrogen and oxygen atoms in total. The van der Waals surface area contributed by atoms with Crippen molar-refractivity contribution in [2.45, 2.75) is 18.9 Å². The van der Waals surface area contributed by atoms with Crippen LogP contribution in [0.5, 0.6) is 0 Å². The Morgan fingerprint density at radius 1 is 1.56 bits per heavy atom. The van der Waals surface area contributed by atoms with Gasteiger partial charge in [-0.3, -0.25) is 9.78 Å². The van der Waals surface area contributed by atoms with Crippen LogP contribution in [0, 0.1) is 5.92 Å². The van der Waals surface area contributed by atoms with E-state index in [0.29, 0.717) is 16.6 Å². The molecule has 1 aliphatic carbocycles. The first-order valence-electron chi connectivity index (χ1n) is 5.19. The Hall–Kier alpha value is -1.49. The van der Waals surface area contributed by atoms with Crippen LogP contribution in [-0.2, 0) is 0 Å². The monoisotopic (exact) mass is 235 g/mol. The van der Waals surface area contributed by atoms with Crippen LogP contribution in [0.4, 0.5) is 0 Å². The van der Waals surface area contributed by atoms with Gasteiger partial charge < -0.3 is 11.1 Å². The fourth-order valence-corrected chi connectivity index (χ4v) is 1.81. The summed E-state index contributed by atoms with van der Waals surface area (Å²) in [5.41, 5.74) is 5.99. The third-order valence-corrected chi connectivity index (χ3v) is 2.84. The number of nitrogens with two attached hydrogens (primary N) is 1. The lowest BCUT2D eigenvalue weighted by atomic mass is 10.2. The maximum Gasteiger partial charge on any atom is 0.270 e. The first-order valence-corrected chi connectivity index (χ1v) is 5.60. The number of pyridine rings is 1. The van der Waals surface area contributed by atoms with Gasteiger partial charge in [-0.05, 0) is 30.9 Å². The third-order valence-electron chi connectivity index (χ3n) is 2.58. The SMILES string of the molecule is NC(=S)C(NC(=O)c1ccccn1)C1CC1. The largest absolute Gasteiger partial charge is 0.392 e. The van der Waals surface area contributed by atoms with Crippen LogP contribution in [0.3, 0.4) is 0 Å². The summed E-state index contributed by atoms with van der Waals surface area (Å²) in [5, 5.41) is 2.83. The third kappa shape index (κ3) is 2.55. The Morgan fingerprint density at radius 2 is 2.31 bits per heavy atom. The first kappa shape index (κ1) is 11.0. The average molecular weight is 235 g/mol. The van der Waals surface area contributed by atoms with Crippen LogP contribution in [0.2, 0.25) is 0 Å². The molecule has 1 aliphatic rings. The summed E-state index contributed by atoms with van der Waals surface area (Å²) in [6.07, 6.45) is 3.73. The van der Waals surface area contributed by atoms with Gasteiger partial charge in [0.05, 0.1) is 11.0 Å². The predicted molar refractivity (Wildman–Crippen MR) is 65.0 cm³/mol. The minimum Gasteiger partial charge on any atom is -0.392 e. The molecule has 1 aromatic heterocycles. The number of hydrogen-bond acceptors (Lipinski definition) is 3. The van der Waals surface area contributed by atoms with Crippen molar-refractivity contribution < 1.29 is 4.79 Å². The van der Waals surface area contributed by atoms with Crippen LogP contribution >= 0.6 is 12.2 Å². The molecule has 1 saturated carbocycles. The summed E-state index contributed by atoms with van der Waals surface area (Å²) < 4.78 is 0. The number of nitrogens with one attached hydrogen (secondary N) is 1. The molecule has 16 heavy (non-hydrogen) atoms. The highest BCUT2D eigenvalue weighted by Gasteiger charge is 2.34. The lowest BCUT2D eigenvalue weighted by Gasteiger charge is -2.16. The van der Waals surface area contributed by atoms with Gasteiger partial charge in [-0.25, -0.2) is 0 Å². The van der Waals surface area contributed by atoms with E-state index in [2.05, 4.69) is 10.3 Å². The van der Waals surface area contributed by atoms with Crippen molar-refractivity contribution in [1.82, 2.24) is 10.3 Å². The highest BCUT2D eigenvalue weighted by atomic mass is 32.1. The molecule has 1 atom stereocenters. The van der Waals surface area contributed by atoms with Crippen LogP contribution in [0.25, 0.3) is 0 Å². The lowest BCUT2D eigenvalue weighted by molar-refractivity contribution is 0.0939. The Balaban J connectivity index is 2.03. The van der Waals surface area contributed by atoms with Crippen molar-refractivity contribution in [3.05, 3.63) is 30.1 Å². The van der Waals surface area contributed by atoms with Gasteiger partial charge in [-0.2, -0.15) is 0 Å². The molecule has 1 heterocycles. The van der Waals surface area contributed by atoms with Crippen molar-refractivity contribution in [2.24, 2.45) is 11.7 Å². The van der Waals surface area contributed by atoms with Crippen LogP contribution in [0.1, 0.15) is 23.3 Å². The molecule has 0 spiro atoms. The van der Waals surface area contributed by atoms with Gasteiger partial charge in [-0.15, -0.1) is 0 Å². The number of nitrogens with zero attached hydrogens (tertiary/aromatic N) is 1. The van der Waals surface area contributed by atoms with Crippen LogP contribution in [0.15, 0.2) is 24.4 Å². The van der Waals surface area contributed by atoms with E-state index in [-0.39, 0.29) is 11.9 Å². The van der Waals surface area contributed by atoms with Crippen molar-refractivity contribution in [1.29, 1.82) is 0 Å². The number of amides is 1. The molecule has 84 valence electrons. The number of carbonyl (C=O) groups is 1. The molecule has 0 bridgehead atoms. The molecule has 1 unspecified atom stereocenters. The number of thiocarbonyl (C=S) groups is 1. The maximum atomic E-state index is 11.8. The van der Waals surface area contributed by atoms with Gasteiger partial charge in [0.2, 0.25) is 0 Å². The highest BCUT2D eigenvalue weighted by Crippen LogP contribution is 2.32. The van der Waals surface area contributed by atoms with E-state index in [1.165, 1.54) is 0 Å². The predicted octanol–water partition coefficient (Wildman–Crippen LogP) is 0.876. The van der Waals surface area contributed by atoms with E-state index in [1.807, 2.05) is 0 Å². The quantitative estimate of drug-likeness (QED) is 0.760. The Kier molecular flexibility index (Phi) is 3.14. The molecule has 0 radical (unpaired) electrons. The van der Waals surface area contributed by atoms with E-state index in [1.54, 1.807) is 24.4 Å². The fourth-order valence-electron chi connectivity index (χ4n) is 1.56. The Bertz CT molecular complexity index is 403. The van der Waals surface area contributed by atoms with E-state index >= 15 is 0 Å². The van der Waals surface area contributed by atoms with E-state index in [4.69, 9.17) is 18.0 Å². The number of carbonyl (C=O) groups excluding carboxylic acids is 1. The van der Waals surface area contributed by atoms with Gasteiger partial charge in [0.15, 0.2) is 0 Å². The summed E-state index contributed by atoms with van der Waals surface area (Å²) in [4.78, 5) is 16.1. The van der Waals surface area contributed by atoms with E-state index in [0.717, 1.165) is 12.8 Å². The number of aromatic nitrogens is 1. The smallest absolute Gasteiger partial charge is 0.270 e. The second kappa shape index (κ2) is 4.57. The molecule has 0 saturated heterocycles. The average Bonchev–Trinajstić information content (AvgIpc) is 3.10. The Labute approximate surface area is 99.2 Å². The molecule has 0 aromatic carbocycles. The topological polar surface area (TPSA) is 68.0 Å². The molecule has 1 aromatic rings. The molecule has 0 aliphatic heterocycles. The zero-order chi connectivity index (χ0) is 11.5. The fraction of sp³-hybridized carbons (Fsp3) is 0.364. The Morgan fingerprint density at radius 3 is 2.81 bits per heavy atom. The van der Waals surface area contributed by atoms with Gasteiger partial charge >= 0.3 is 0 Å². The summed E-state index contributed by atoms with van der Waals surface area (Å²) in [7, 11) is 0. The molecule has 1 amide bonds. The summed E-state index contributed by atoms with van der Waals surface area (Å²) in [6.45, 7) is 0. The van der Waals surface area contributed by atoms with Crippen LogP contribution < -0.4 is 11.1 Å². The normalized spacial score (nSPS) is 16.5. The molecular weight excluding hydrogens is 222 g/mol. The van der Waals surface area contributed by atoms with Crippen molar-refractivity contribution >= 4 is 23.1 Å². The molecular formula is C11H13N3OS. The number of hydrogen-bond donors (Lipinski definition) is 2.